The average molecular weight is 450 g/mol. The largest absolute Gasteiger partial charge is 0.507 e. The molecule has 1 atom stereocenters. The third kappa shape index (κ3) is 3.78. The minimum atomic E-state index is -1.05. The number of anilines is 1. The van der Waals surface area contributed by atoms with E-state index in [0.29, 0.717) is 34.1 Å². The first-order valence-electron chi connectivity index (χ1n) is 10.00. The lowest BCUT2D eigenvalue weighted by atomic mass is 9.94. The molecule has 1 aliphatic heterocycles. The lowest BCUT2D eigenvalue weighted by molar-refractivity contribution is -0.132. The van der Waals surface area contributed by atoms with E-state index < -0.39 is 17.7 Å². The fraction of sp³-hybridized carbons (Fsp3) is 0.208. The summed E-state index contributed by atoms with van der Waals surface area (Å²) < 4.78 is 21.2. The number of hydrogen-bond donors (Lipinski definition) is 1. The fourth-order valence-electron chi connectivity index (χ4n) is 3.81. The monoisotopic (exact) mass is 450 g/mol. The molecule has 0 bridgehead atoms. The summed E-state index contributed by atoms with van der Waals surface area (Å²) in [7, 11) is 4.46. The van der Waals surface area contributed by atoms with E-state index in [1.54, 1.807) is 49.4 Å². The summed E-state index contributed by atoms with van der Waals surface area (Å²) in [6.07, 6.45) is 0. The Morgan fingerprint density at radius 3 is 2.36 bits per heavy atom. The van der Waals surface area contributed by atoms with Crippen LogP contribution in [0.25, 0.3) is 5.76 Å². The van der Waals surface area contributed by atoms with Gasteiger partial charge in [0.2, 0.25) is 0 Å². The van der Waals surface area contributed by atoms with E-state index in [1.807, 2.05) is 0 Å². The summed E-state index contributed by atoms with van der Waals surface area (Å²) in [5, 5.41) is 15.2. The van der Waals surface area contributed by atoms with Gasteiger partial charge in [-0.1, -0.05) is 17.3 Å². The zero-order chi connectivity index (χ0) is 23.7. The molecule has 0 spiro atoms. The molecule has 0 radical (unpaired) electrons. The van der Waals surface area contributed by atoms with Crippen LogP contribution in [0.5, 0.6) is 17.2 Å². The van der Waals surface area contributed by atoms with Crippen LogP contribution in [0.2, 0.25) is 0 Å². The van der Waals surface area contributed by atoms with Crippen LogP contribution in [0.1, 0.15) is 22.9 Å². The molecule has 170 valence electrons. The Hall–Kier alpha value is -4.27. The molecule has 1 saturated heterocycles. The Bertz CT molecular complexity index is 1260. The van der Waals surface area contributed by atoms with Crippen LogP contribution in [0.15, 0.2) is 58.6 Å². The first-order chi connectivity index (χ1) is 15.9. The summed E-state index contributed by atoms with van der Waals surface area (Å²) in [5.41, 5.74) is 0.622. The van der Waals surface area contributed by atoms with Crippen LogP contribution in [0, 0.1) is 6.92 Å². The van der Waals surface area contributed by atoms with Crippen LogP contribution >= 0.6 is 0 Å². The van der Waals surface area contributed by atoms with Gasteiger partial charge in [0, 0.05) is 17.2 Å². The Morgan fingerprint density at radius 2 is 1.73 bits per heavy atom. The summed E-state index contributed by atoms with van der Waals surface area (Å²) in [5.74, 6) is -0.141. The maximum Gasteiger partial charge on any atom is 0.301 e. The number of carbonyl (C=O) groups is 2. The topological polar surface area (TPSA) is 111 Å². The molecule has 1 aromatic heterocycles. The highest BCUT2D eigenvalue weighted by molar-refractivity contribution is 6.51. The van der Waals surface area contributed by atoms with Crippen molar-refractivity contribution in [3.8, 4) is 17.2 Å². The third-order valence-electron chi connectivity index (χ3n) is 5.38. The molecular formula is C24H22N2O7. The fourth-order valence-corrected chi connectivity index (χ4v) is 3.81. The molecule has 3 aromatic rings. The first kappa shape index (κ1) is 21.9. The smallest absolute Gasteiger partial charge is 0.301 e. The van der Waals surface area contributed by atoms with Crippen molar-refractivity contribution in [1.29, 1.82) is 0 Å². The van der Waals surface area contributed by atoms with Gasteiger partial charge in [0.1, 0.15) is 34.8 Å². The molecule has 33 heavy (non-hydrogen) atoms. The van der Waals surface area contributed by atoms with Gasteiger partial charge in [-0.05, 0) is 37.3 Å². The molecule has 4 rings (SSSR count). The van der Waals surface area contributed by atoms with Gasteiger partial charge in [-0.15, -0.1) is 0 Å². The first-order valence-corrected chi connectivity index (χ1v) is 10.00. The van der Waals surface area contributed by atoms with E-state index in [9.17, 15) is 14.7 Å². The summed E-state index contributed by atoms with van der Waals surface area (Å²) in [6.45, 7) is 1.67. The molecule has 1 amide bonds. The molecule has 9 nitrogen and oxygen atoms in total. The van der Waals surface area contributed by atoms with Gasteiger partial charge in [-0.25, -0.2) is 0 Å². The number of ether oxygens (including phenoxy) is 3. The Labute approximate surface area is 189 Å². The maximum absolute atomic E-state index is 13.2. The van der Waals surface area contributed by atoms with Crippen LogP contribution in [0.4, 0.5) is 5.82 Å². The van der Waals surface area contributed by atoms with E-state index in [0.717, 1.165) is 0 Å². The van der Waals surface area contributed by atoms with Crippen molar-refractivity contribution in [3.05, 3.63) is 71.0 Å². The highest BCUT2D eigenvalue weighted by Gasteiger charge is 2.49. The van der Waals surface area contributed by atoms with Gasteiger partial charge in [0.25, 0.3) is 5.78 Å². The van der Waals surface area contributed by atoms with Gasteiger partial charge < -0.3 is 23.8 Å². The third-order valence-corrected chi connectivity index (χ3v) is 5.38. The van der Waals surface area contributed by atoms with Crippen molar-refractivity contribution in [3.63, 3.8) is 0 Å². The molecule has 2 heterocycles. The van der Waals surface area contributed by atoms with Gasteiger partial charge in [0.05, 0.1) is 26.9 Å². The number of nitrogens with zero attached hydrogens (tertiary/aromatic N) is 2. The summed E-state index contributed by atoms with van der Waals surface area (Å²) in [6, 6.07) is 12.1. The van der Waals surface area contributed by atoms with Crippen molar-refractivity contribution in [2.75, 3.05) is 26.2 Å². The number of benzene rings is 2. The number of carbonyl (C=O) groups excluding carboxylic acids is 2. The van der Waals surface area contributed by atoms with Gasteiger partial charge in [-0.3, -0.25) is 14.5 Å². The predicted octanol–water partition coefficient (Wildman–Crippen LogP) is 3.64. The Kier molecular flexibility index (Phi) is 5.78. The number of ketones is 1. The number of rotatable bonds is 6. The molecule has 1 aliphatic rings. The second-order valence-corrected chi connectivity index (χ2v) is 7.30. The number of Topliss-reactive ketones (excluding diaryl/α,β-unsaturated/α-hetero) is 1. The molecule has 0 unspecified atom stereocenters. The molecular weight excluding hydrogens is 428 g/mol. The van der Waals surface area contributed by atoms with Gasteiger partial charge in [-0.2, -0.15) is 0 Å². The minimum absolute atomic E-state index is 0.125. The SMILES string of the molecule is COc1cccc(C(O)=C2C(=O)C(=O)N(c3cc(C)on3)[C@H]2c2cc(OC)ccc2OC)c1. The number of aliphatic hydroxyl groups is 1. The van der Waals surface area contributed by atoms with Crippen molar-refractivity contribution in [2.24, 2.45) is 0 Å². The lowest BCUT2D eigenvalue weighted by Gasteiger charge is -2.24. The average Bonchev–Trinajstić information content (AvgIpc) is 3.38. The second-order valence-electron chi connectivity index (χ2n) is 7.30. The van der Waals surface area contributed by atoms with Crippen LogP contribution in [-0.2, 0) is 9.59 Å². The number of aromatic nitrogens is 1. The molecule has 9 heteroatoms. The van der Waals surface area contributed by atoms with Crippen LogP contribution < -0.4 is 19.1 Å². The predicted molar refractivity (Wildman–Crippen MR) is 119 cm³/mol. The van der Waals surface area contributed by atoms with Crippen molar-refractivity contribution < 1.29 is 33.4 Å². The molecule has 1 N–H and O–H groups in total. The van der Waals surface area contributed by atoms with Crippen molar-refractivity contribution >= 4 is 23.3 Å². The van der Waals surface area contributed by atoms with Crippen LogP contribution in [-0.4, -0.2) is 43.3 Å². The number of amides is 1. The molecule has 0 aliphatic carbocycles. The summed E-state index contributed by atoms with van der Waals surface area (Å²) >= 11 is 0. The minimum Gasteiger partial charge on any atom is -0.507 e. The van der Waals surface area contributed by atoms with E-state index >= 15 is 0 Å². The molecule has 0 saturated carbocycles. The Balaban J connectivity index is 2.00. The number of methoxy groups -OCH3 is 3. The van der Waals surface area contributed by atoms with E-state index in [4.69, 9.17) is 18.7 Å². The number of aliphatic hydroxyl groups excluding tert-OH is 1. The highest BCUT2D eigenvalue weighted by atomic mass is 16.5. The van der Waals surface area contributed by atoms with E-state index in [2.05, 4.69) is 5.16 Å². The highest BCUT2D eigenvalue weighted by Crippen LogP contribution is 2.45. The Morgan fingerprint density at radius 1 is 1.00 bits per heavy atom. The van der Waals surface area contributed by atoms with Crippen molar-refractivity contribution in [2.45, 2.75) is 13.0 Å². The number of hydrogen-bond acceptors (Lipinski definition) is 8. The summed E-state index contributed by atoms with van der Waals surface area (Å²) in [4.78, 5) is 27.6. The van der Waals surface area contributed by atoms with E-state index in [-0.39, 0.29) is 17.2 Å². The van der Waals surface area contributed by atoms with Crippen LogP contribution in [0.3, 0.4) is 0 Å². The van der Waals surface area contributed by atoms with Crippen molar-refractivity contribution in [1.82, 2.24) is 5.16 Å². The second kappa shape index (κ2) is 8.70. The molecule has 1 fully saturated rings. The molecule has 2 aromatic carbocycles. The normalized spacial score (nSPS) is 17.3. The van der Waals surface area contributed by atoms with Gasteiger partial charge in [0.15, 0.2) is 5.82 Å². The van der Waals surface area contributed by atoms with E-state index in [1.165, 1.54) is 32.3 Å². The zero-order valence-electron chi connectivity index (χ0n) is 18.5. The zero-order valence-corrected chi connectivity index (χ0v) is 18.5. The lowest BCUT2D eigenvalue weighted by Crippen LogP contribution is -2.30. The number of aryl methyl sites for hydroxylation is 1. The standard InChI is InChI=1S/C24H22N2O7/c1-13-10-19(25-33-13)26-21(17-12-16(31-3)8-9-18(17)32-4)20(23(28)24(26)29)22(27)14-6-5-7-15(11-14)30-2/h5-12,21,27H,1-4H3/t21-/m0/s1. The van der Waals surface area contributed by atoms with Gasteiger partial charge >= 0.3 is 5.91 Å². The quantitative estimate of drug-likeness (QED) is 0.344. The maximum atomic E-state index is 13.2.